The minimum absolute atomic E-state index is 0.426. The van der Waals surface area contributed by atoms with Crippen molar-refractivity contribution in [1.29, 1.82) is 0 Å². The third kappa shape index (κ3) is 4.20. The van der Waals surface area contributed by atoms with Crippen molar-refractivity contribution in [2.45, 2.75) is 38.1 Å². The predicted molar refractivity (Wildman–Crippen MR) is 99.5 cm³/mol. The molecule has 1 aliphatic carbocycles. The fourth-order valence-corrected chi connectivity index (χ4v) is 3.88. The fraction of sp³-hybridized carbons (Fsp3) is 0.444. The molecule has 26 heavy (non-hydrogen) atoms. The molecule has 0 bridgehead atoms. The van der Waals surface area contributed by atoms with E-state index in [0.717, 1.165) is 47.2 Å². The van der Waals surface area contributed by atoms with E-state index < -0.39 is 21.6 Å². The summed E-state index contributed by atoms with van der Waals surface area (Å²) in [5.74, 6) is -0.829. The van der Waals surface area contributed by atoms with Crippen molar-refractivity contribution in [3.05, 3.63) is 51.3 Å². The average molecular weight is 377 g/mol. The van der Waals surface area contributed by atoms with Crippen LogP contribution in [0.25, 0.3) is 11.3 Å². The molecular weight excluding hydrogens is 354 g/mol. The van der Waals surface area contributed by atoms with Gasteiger partial charge >= 0.3 is 0 Å². The first-order chi connectivity index (χ1) is 12.2. The summed E-state index contributed by atoms with van der Waals surface area (Å²) in [6.45, 7) is 0.814. The standard InChI is InChI=1S/C18H23N3O4S/c1-20(2)11-13-7-9-14(10-8-13)17-15-5-3-4-6-16(15)18(22)21(19-17)12-26(23,24)25/h7-10H,3-6,11-12H2,1-2H3,(H,23,24,25). The molecule has 2 aromatic rings. The lowest BCUT2D eigenvalue weighted by molar-refractivity contribution is 0.402. The molecule has 0 saturated carbocycles. The Bertz CT molecular complexity index is 963. The Labute approximate surface area is 153 Å². The number of hydrogen-bond donors (Lipinski definition) is 1. The van der Waals surface area contributed by atoms with Crippen molar-refractivity contribution in [2.24, 2.45) is 0 Å². The number of benzene rings is 1. The molecule has 0 amide bonds. The van der Waals surface area contributed by atoms with Crippen molar-refractivity contribution < 1.29 is 13.0 Å². The minimum Gasteiger partial charge on any atom is -0.305 e. The average Bonchev–Trinajstić information content (AvgIpc) is 2.57. The van der Waals surface area contributed by atoms with Crippen molar-refractivity contribution in [3.8, 4) is 11.3 Å². The highest BCUT2D eigenvalue weighted by Gasteiger charge is 2.22. The van der Waals surface area contributed by atoms with E-state index in [0.29, 0.717) is 17.7 Å². The summed E-state index contributed by atoms with van der Waals surface area (Å²) >= 11 is 0. The monoisotopic (exact) mass is 377 g/mol. The molecule has 0 aliphatic heterocycles. The lowest BCUT2D eigenvalue weighted by atomic mass is 9.89. The maximum Gasteiger partial charge on any atom is 0.285 e. The van der Waals surface area contributed by atoms with E-state index in [1.807, 2.05) is 38.4 Å². The number of fused-ring (bicyclic) bond motifs is 1. The molecule has 1 N–H and O–H groups in total. The summed E-state index contributed by atoms with van der Waals surface area (Å²) in [5, 5.41) is 4.29. The normalized spacial score (nSPS) is 14.5. The van der Waals surface area contributed by atoms with Crippen LogP contribution in [-0.4, -0.2) is 41.7 Å². The third-order valence-corrected chi connectivity index (χ3v) is 5.05. The molecule has 1 aromatic carbocycles. The first kappa shape index (κ1) is 18.8. The van der Waals surface area contributed by atoms with Crippen LogP contribution in [0.5, 0.6) is 0 Å². The Hall–Kier alpha value is -2.03. The van der Waals surface area contributed by atoms with Crippen molar-refractivity contribution in [1.82, 2.24) is 14.7 Å². The van der Waals surface area contributed by atoms with E-state index in [1.54, 1.807) is 0 Å². The molecule has 140 valence electrons. The van der Waals surface area contributed by atoms with E-state index in [1.165, 1.54) is 0 Å². The van der Waals surface area contributed by atoms with Gasteiger partial charge in [-0.15, -0.1) is 0 Å². The number of hydrogen-bond acceptors (Lipinski definition) is 5. The van der Waals surface area contributed by atoms with Gasteiger partial charge in [-0.3, -0.25) is 9.35 Å². The zero-order valence-electron chi connectivity index (χ0n) is 15.0. The molecule has 3 rings (SSSR count). The van der Waals surface area contributed by atoms with Crippen LogP contribution >= 0.6 is 0 Å². The van der Waals surface area contributed by atoms with E-state index in [2.05, 4.69) is 10.00 Å². The quantitative estimate of drug-likeness (QED) is 0.797. The van der Waals surface area contributed by atoms with Crippen LogP contribution in [-0.2, 0) is 35.4 Å². The van der Waals surface area contributed by atoms with Gasteiger partial charge in [0.25, 0.3) is 15.7 Å². The maximum absolute atomic E-state index is 12.6. The van der Waals surface area contributed by atoms with E-state index in [4.69, 9.17) is 4.55 Å². The molecule has 0 spiro atoms. The summed E-state index contributed by atoms with van der Waals surface area (Å²) in [5.41, 5.74) is 3.70. The van der Waals surface area contributed by atoms with Gasteiger partial charge in [-0.1, -0.05) is 24.3 Å². The zero-order valence-corrected chi connectivity index (χ0v) is 15.8. The molecule has 0 fully saturated rings. The number of nitrogens with zero attached hydrogens (tertiary/aromatic N) is 3. The van der Waals surface area contributed by atoms with Crippen LogP contribution in [0.15, 0.2) is 29.1 Å². The summed E-state index contributed by atoms with van der Waals surface area (Å²) in [7, 11) is -0.356. The van der Waals surface area contributed by atoms with Crippen LogP contribution in [0.2, 0.25) is 0 Å². The van der Waals surface area contributed by atoms with Gasteiger partial charge < -0.3 is 4.90 Å². The van der Waals surface area contributed by atoms with Crippen molar-refractivity contribution in [3.63, 3.8) is 0 Å². The molecule has 1 aliphatic rings. The van der Waals surface area contributed by atoms with Gasteiger partial charge in [0, 0.05) is 17.7 Å². The fourth-order valence-electron chi connectivity index (χ4n) is 3.39. The second-order valence-corrected chi connectivity index (χ2v) is 8.39. The highest BCUT2D eigenvalue weighted by atomic mass is 32.2. The molecular formula is C18H23N3O4S. The Morgan fingerprint density at radius 1 is 1.12 bits per heavy atom. The molecule has 0 atom stereocenters. The Kier molecular flexibility index (Phi) is 5.27. The first-order valence-corrected chi connectivity index (χ1v) is 10.2. The van der Waals surface area contributed by atoms with Gasteiger partial charge in [-0.05, 0) is 50.9 Å². The van der Waals surface area contributed by atoms with E-state index in [9.17, 15) is 13.2 Å². The molecule has 0 radical (unpaired) electrons. The van der Waals surface area contributed by atoms with Gasteiger partial charge in [-0.2, -0.15) is 13.5 Å². The largest absolute Gasteiger partial charge is 0.305 e. The maximum atomic E-state index is 12.6. The van der Waals surface area contributed by atoms with E-state index >= 15 is 0 Å². The second kappa shape index (κ2) is 7.30. The van der Waals surface area contributed by atoms with Gasteiger partial charge in [0.2, 0.25) is 0 Å². The molecule has 1 heterocycles. The van der Waals surface area contributed by atoms with Gasteiger partial charge in [0.15, 0.2) is 5.88 Å². The molecule has 0 saturated heterocycles. The van der Waals surface area contributed by atoms with Crippen LogP contribution in [0.1, 0.15) is 29.5 Å². The third-order valence-electron chi connectivity index (χ3n) is 4.48. The Morgan fingerprint density at radius 2 is 1.73 bits per heavy atom. The molecule has 1 aromatic heterocycles. The second-order valence-electron chi connectivity index (χ2n) is 6.96. The van der Waals surface area contributed by atoms with Crippen LogP contribution in [0.3, 0.4) is 0 Å². The highest BCUT2D eigenvalue weighted by molar-refractivity contribution is 7.84. The van der Waals surface area contributed by atoms with Crippen LogP contribution < -0.4 is 5.56 Å². The summed E-state index contributed by atoms with van der Waals surface area (Å²) in [6, 6.07) is 7.89. The smallest absolute Gasteiger partial charge is 0.285 e. The zero-order chi connectivity index (χ0) is 18.9. The lowest BCUT2D eigenvalue weighted by Crippen LogP contribution is -2.32. The van der Waals surface area contributed by atoms with Gasteiger partial charge in [0.05, 0.1) is 5.69 Å². The Morgan fingerprint density at radius 3 is 2.31 bits per heavy atom. The minimum atomic E-state index is -4.35. The summed E-state index contributed by atoms with van der Waals surface area (Å²) < 4.78 is 32.5. The molecule has 7 nitrogen and oxygen atoms in total. The SMILES string of the molecule is CN(C)Cc1ccc(-c2nn(CS(=O)(=O)O)c(=O)c3c2CCCC3)cc1. The van der Waals surface area contributed by atoms with E-state index in [-0.39, 0.29) is 0 Å². The Balaban J connectivity index is 2.10. The molecule has 0 unspecified atom stereocenters. The highest BCUT2D eigenvalue weighted by Crippen LogP contribution is 2.28. The van der Waals surface area contributed by atoms with Crippen LogP contribution in [0.4, 0.5) is 0 Å². The van der Waals surface area contributed by atoms with Gasteiger partial charge in [0.1, 0.15) is 0 Å². The predicted octanol–water partition coefficient (Wildman–Crippen LogP) is 1.70. The number of aromatic nitrogens is 2. The number of rotatable bonds is 5. The topological polar surface area (TPSA) is 92.5 Å². The summed E-state index contributed by atoms with van der Waals surface area (Å²) in [4.78, 5) is 14.6. The van der Waals surface area contributed by atoms with Crippen molar-refractivity contribution in [2.75, 3.05) is 14.1 Å². The van der Waals surface area contributed by atoms with Crippen LogP contribution in [0, 0.1) is 0 Å². The summed E-state index contributed by atoms with van der Waals surface area (Å²) in [6.07, 6.45) is 3.22. The van der Waals surface area contributed by atoms with Gasteiger partial charge in [-0.25, -0.2) is 4.68 Å². The first-order valence-electron chi connectivity index (χ1n) is 8.56. The lowest BCUT2D eigenvalue weighted by Gasteiger charge is -2.20. The van der Waals surface area contributed by atoms with Crippen molar-refractivity contribution >= 4 is 10.1 Å². The molecule has 8 heteroatoms.